The van der Waals surface area contributed by atoms with E-state index in [4.69, 9.17) is 15.3 Å². The molecule has 0 fully saturated rings. The van der Waals surface area contributed by atoms with Crippen molar-refractivity contribution in [2.45, 2.75) is 19.2 Å². The molecular weight excluding hydrogens is 261 g/mol. The van der Waals surface area contributed by atoms with Crippen molar-refractivity contribution in [1.82, 2.24) is 0 Å². The van der Waals surface area contributed by atoms with Crippen LogP contribution >= 0.6 is 0 Å². The number of alkyl halides is 3. The summed E-state index contributed by atoms with van der Waals surface area (Å²) in [7, 11) is 0. The summed E-state index contributed by atoms with van der Waals surface area (Å²) in [5.74, 6) is 0. The van der Waals surface area contributed by atoms with E-state index in [0.717, 1.165) is 5.56 Å². The van der Waals surface area contributed by atoms with Gasteiger partial charge in [-0.3, -0.25) is 4.79 Å². The predicted octanol–water partition coefficient (Wildman–Crippen LogP) is 1.37. The second kappa shape index (κ2) is 9.35. The van der Waals surface area contributed by atoms with E-state index in [1.54, 1.807) is 12.1 Å². The summed E-state index contributed by atoms with van der Waals surface area (Å²) in [5.41, 5.74) is 10.5. The van der Waals surface area contributed by atoms with Crippen molar-refractivity contribution in [3.8, 4) is 0 Å². The average Bonchev–Trinajstić information content (AvgIpc) is 2.31. The molecule has 4 nitrogen and oxygen atoms in total. The van der Waals surface area contributed by atoms with Crippen molar-refractivity contribution in [1.29, 1.82) is 0 Å². The van der Waals surface area contributed by atoms with Crippen LogP contribution in [0.3, 0.4) is 0 Å². The molecule has 0 heterocycles. The Morgan fingerprint density at radius 3 is 2.05 bits per heavy atom. The molecule has 1 rings (SSSR count). The fraction of sp³-hybridized carbons (Fsp3) is 0.417. The van der Waals surface area contributed by atoms with E-state index >= 15 is 0 Å². The molecule has 0 bridgehead atoms. The van der Waals surface area contributed by atoms with Gasteiger partial charge in [-0.1, -0.05) is 24.3 Å². The summed E-state index contributed by atoms with van der Waals surface area (Å²) in [6.45, 7) is 1.26. The van der Waals surface area contributed by atoms with Crippen LogP contribution in [0.4, 0.5) is 13.2 Å². The standard InChI is InChI=1S/C11H14F3NO.CH3NO/c12-11(13,14)7-9-1-3-10(4-2-9)8-16-6-5-15;2-1-3/h1-4H,5-8,15H2;1H,(H2,2,3). The van der Waals surface area contributed by atoms with Crippen LogP contribution < -0.4 is 11.5 Å². The molecule has 0 aliphatic carbocycles. The minimum absolute atomic E-state index is 0.250. The smallest absolute Gasteiger partial charge is 0.375 e. The van der Waals surface area contributed by atoms with Crippen molar-refractivity contribution < 1.29 is 22.7 Å². The molecule has 4 N–H and O–H groups in total. The maximum atomic E-state index is 12.1. The van der Waals surface area contributed by atoms with Crippen LogP contribution in [-0.4, -0.2) is 25.7 Å². The second-order valence-corrected chi connectivity index (χ2v) is 3.59. The maximum Gasteiger partial charge on any atom is 0.393 e. The highest BCUT2D eigenvalue weighted by Gasteiger charge is 2.27. The number of hydrogen-bond donors (Lipinski definition) is 2. The van der Waals surface area contributed by atoms with Crippen molar-refractivity contribution >= 4 is 6.41 Å². The van der Waals surface area contributed by atoms with E-state index in [-0.39, 0.29) is 12.0 Å². The Morgan fingerprint density at radius 2 is 1.63 bits per heavy atom. The summed E-state index contributed by atoms with van der Waals surface area (Å²) in [4.78, 5) is 8.58. The third-order valence-electron chi connectivity index (χ3n) is 1.96. The number of hydrogen-bond acceptors (Lipinski definition) is 3. The molecule has 0 radical (unpaired) electrons. The molecule has 0 saturated heterocycles. The molecular formula is C12H17F3N2O2. The van der Waals surface area contributed by atoms with Gasteiger partial charge >= 0.3 is 6.18 Å². The van der Waals surface area contributed by atoms with E-state index in [0.29, 0.717) is 19.8 Å². The highest BCUT2D eigenvalue weighted by molar-refractivity contribution is 5.42. The molecule has 7 heteroatoms. The quantitative estimate of drug-likeness (QED) is 0.630. The van der Waals surface area contributed by atoms with Crippen LogP contribution in [-0.2, 0) is 22.6 Å². The van der Waals surface area contributed by atoms with Crippen LogP contribution in [0.1, 0.15) is 11.1 Å². The second-order valence-electron chi connectivity index (χ2n) is 3.59. The Morgan fingerprint density at radius 1 is 1.16 bits per heavy atom. The number of carbonyl (C=O) groups is 1. The summed E-state index contributed by atoms with van der Waals surface area (Å²) in [5, 5.41) is 0. The number of amides is 1. The molecule has 0 atom stereocenters. The summed E-state index contributed by atoms with van der Waals surface area (Å²) in [6, 6.07) is 6.21. The molecule has 0 aromatic heterocycles. The SMILES string of the molecule is NC=O.NCCOCc1ccc(CC(F)(F)F)cc1. The van der Waals surface area contributed by atoms with Gasteiger partial charge in [-0.05, 0) is 11.1 Å². The third-order valence-corrected chi connectivity index (χ3v) is 1.96. The molecule has 0 unspecified atom stereocenters. The van der Waals surface area contributed by atoms with Gasteiger partial charge in [0.1, 0.15) is 0 Å². The van der Waals surface area contributed by atoms with Crippen molar-refractivity contribution in [2.24, 2.45) is 11.5 Å². The molecule has 0 aliphatic heterocycles. The molecule has 0 aliphatic rings. The van der Waals surface area contributed by atoms with Gasteiger partial charge in [0.2, 0.25) is 6.41 Å². The van der Waals surface area contributed by atoms with Gasteiger partial charge < -0.3 is 16.2 Å². The number of benzene rings is 1. The van der Waals surface area contributed by atoms with Crippen molar-refractivity contribution in [3.63, 3.8) is 0 Å². The fourth-order valence-electron chi connectivity index (χ4n) is 1.26. The van der Waals surface area contributed by atoms with E-state index in [9.17, 15) is 13.2 Å². The first-order chi connectivity index (χ1) is 8.92. The molecule has 1 amide bonds. The number of halogens is 3. The lowest BCUT2D eigenvalue weighted by Crippen LogP contribution is -2.11. The number of carbonyl (C=O) groups excluding carboxylic acids is 1. The van der Waals surface area contributed by atoms with Gasteiger partial charge in [0.25, 0.3) is 0 Å². The van der Waals surface area contributed by atoms with E-state index in [1.807, 2.05) is 0 Å². The van der Waals surface area contributed by atoms with Gasteiger partial charge in [-0.2, -0.15) is 13.2 Å². The lowest BCUT2D eigenvalue weighted by Gasteiger charge is -2.07. The zero-order chi connectivity index (χ0) is 14.7. The first-order valence-corrected chi connectivity index (χ1v) is 5.50. The third kappa shape index (κ3) is 10.0. The largest absolute Gasteiger partial charge is 0.393 e. The molecule has 0 spiro atoms. The zero-order valence-corrected chi connectivity index (χ0v) is 10.3. The van der Waals surface area contributed by atoms with Crippen LogP contribution in [0.25, 0.3) is 0 Å². The highest BCUT2D eigenvalue weighted by Crippen LogP contribution is 2.21. The minimum atomic E-state index is -4.16. The predicted molar refractivity (Wildman–Crippen MR) is 65.2 cm³/mol. The minimum Gasteiger partial charge on any atom is -0.375 e. The van der Waals surface area contributed by atoms with E-state index < -0.39 is 12.6 Å². The number of nitrogens with two attached hydrogens (primary N) is 2. The Bertz CT molecular complexity index is 353. The van der Waals surface area contributed by atoms with Crippen LogP contribution in [0.5, 0.6) is 0 Å². The van der Waals surface area contributed by atoms with Gasteiger partial charge in [0.15, 0.2) is 0 Å². The fourth-order valence-corrected chi connectivity index (χ4v) is 1.26. The highest BCUT2D eigenvalue weighted by atomic mass is 19.4. The Hall–Kier alpha value is -1.60. The first kappa shape index (κ1) is 17.4. The van der Waals surface area contributed by atoms with Gasteiger partial charge in [-0.25, -0.2) is 0 Å². The van der Waals surface area contributed by atoms with Crippen LogP contribution in [0, 0.1) is 0 Å². The van der Waals surface area contributed by atoms with Gasteiger partial charge in [-0.15, -0.1) is 0 Å². The average molecular weight is 278 g/mol. The van der Waals surface area contributed by atoms with Crippen molar-refractivity contribution in [3.05, 3.63) is 35.4 Å². The maximum absolute atomic E-state index is 12.1. The molecule has 1 aromatic rings. The number of rotatable bonds is 5. The summed E-state index contributed by atoms with van der Waals surface area (Å²) < 4.78 is 41.3. The van der Waals surface area contributed by atoms with Crippen molar-refractivity contribution in [2.75, 3.05) is 13.2 Å². The van der Waals surface area contributed by atoms with Gasteiger partial charge in [0, 0.05) is 6.54 Å². The molecule has 19 heavy (non-hydrogen) atoms. The monoisotopic (exact) mass is 278 g/mol. The summed E-state index contributed by atoms with van der Waals surface area (Å²) >= 11 is 0. The van der Waals surface area contributed by atoms with E-state index in [1.165, 1.54) is 12.1 Å². The number of ether oxygens (including phenoxy) is 1. The summed E-state index contributed by atoms with van der Waals surface area (Å²) in [6.07, 6.45) is -4.80. The molecule has 108 valence electrons. The number of primary amides is 1. The molecule has 0 saturated carbocycles. The topological polar surface area (TPSA) is 78.3 Å². The normalized spacial score (nSPS) is 10.5. The van der Waals surface area contributed by atoms with Gasteiger partial charge in [0.05, 0.1) is 19.6 Å². The first-order valence-electron chi connectivity index (χ1n) is 5.50. The van der Waals surface area contributed by atoms with Crippen LogP contribution in [0.15, 0.2) is 24.3 Å². The van der Waals surface area contributed by atoms with Crippen LogP contribution in [0.2, 0.25) is 0 Å². The molecule has 1 aromatic carbocycles. The Kier molecular flexibility index (Phi) is 8.56. The Balaban J connectivity index is 0.000000982. The lowest BCUT2D eigenvalue weighted by molar-refractivity contribution is -0.127. The Labute approximate surface area is 109 Å². The van der Waals surface area contributed by atoms with E-state index in [2.05, 4.69) is 5.73 Å². The lowest BCUT2D eigenvalue weighted by atomic mass is 10.1. The zero-order valence-electron chi connectivity index (χ0n) is 10.3.